The number of amidine groups is 1. The van der Waals surface area contributed by atoms with Crippen molar-refractivity contribution in [2.45, 2.75) is 13.0 Å². The Balaban J connectivity index is 2.47. The van der Waals surface area contributed by atoms with E-state index in [2.05, 4.69) is 4.99 Å². The fourth-order valence-electron chi connectivity index (χ4n) is 1.71. The smallest absolute Gasteiger partial charge is 0.152 e. The van der Waals surface area contributed by atoms with E-state index in [9.17, 15) is 4.91 Å². The molecule has 1 heterocycles. The van der Waals surface area contributed by atoms with Gasteiger partial charge in [-0.05, 0) is 29.0 Å². The molecule has 0 spiro atoms. The Morgan fingerprint density at radius 1 is 1.47 bits per heavy atom. The zero-order valence-corrected chi connectivity index (χ0v) is 9.62. The number of rotatable bonds is 2. The van der Waals surface area contributed by atoms with Crippen LogP contribution in [0.2, 0.25) is 0 Å². The summed E-state index contributed by atoms with van der Waals surface area (Å²) in [5.41, 5.74) is 1.94. The van der Waals surface area contributed by atoms with Crippen molar-refractivity contribution >= 4 is 23.3 Å². The van der Waals surface area contributed by atoms with E-state index in [0.29, 0.717) is 11.6 Å². The van der Waals surface area contributed by atoms with Gasteiger partial charge < -0.3 is 0 Å². The number of hydrogen-bond acceptors (Lipinski definition) is 3. The van der Waals surface area contributed by atoms with Crippen LogP contribution in [0.5, 0.6) is 0 Å². The lowest BCUT2D eigenvalue weighted by Crippen LogP contribution is -2.26. The number of aliphatic imine (C=N–C) groups is 1. The fraction of sp³-hybridized carbons (Fsp3) is 0.364. The molecule has 0 aromatic heterocycles. The first-order valence-electron chi connectivity index (χ1n) is 4.86. The number of hydrogen-bond donors (Lipinski definition) is 0. The van der Waals surface area contributed by atoms with Crippen molar-refractivity contribution in [3.8, 4) is 0 Å². The van der Waals surface area contributed by atoms with E-state index in [1.807, 2.05) is 37.4 Å². The number of para-hydroxylation sites is 1. The highest BCUT2D eigenvalue weighted by atomic mass is 32.2. The van der Waals surface area contributed by atoms with Gasteiger partial charge in [0.25, 0.3) is 0 Å². The van der Waals surface area contributed by atoms with Gasteiger partial charge in [-0.15, -0.1) is 0 Å². The van der Waals surface area contributed by atoms with Crippen molar-refractivity contribution in [1.29, 1.82) is 0 Å². The maximum Gasteiger partial charge on any atom is 0.347 e. The van der Waals surface area contributed by atoms with Crippen LogP contribution >= 0.6 is 11.8 Å². The lowest BCUT2D eigenvalue weighted by Gasteiger charge is -2.12. The maximum atomic E-state index is 11.9. The molecule has 0 bridgehead atoms. The summed E-state index contributed by atoms with van der Waals surface area (Å²) in [5, 5.41) is 0. The molecular weight excluding hydrogens is 208 g/mol. The van der Waals surface area contributed by atoms with Gasteiger partial charge in [0.15, 0.2) is 11.7 Å². The van der Waals surface area contributed by atoms with Gasteiger partial charge in [-0.1, -0.05) is 23.1 Å². The Kier molecular flexibility index (Phi) is 2.86. The van der Waals surface area contributed by atoms with E-state index in [-0.39, 0.29) is 6.04 Å². The predicted molar refractivity (Wildman–Crippen MR) is 64.0 cm³/mol. The number of nitroso groups, excluding NO2 is 1. The van der Waals surface area contributed by atoms with Crippen molar-refractivity contribution in [3.05, 3.63) is 34.7 Å². The monoisotopic (exact) mass is 221 g/mol. The largest absolute Gasteiger partial charge is 0.347 e. The van der Waals surface area contributed by atoms with Crippen LogP contribution in [0.3, 0.4) is 0 Å². The topological polar surface area (TPSA) is 32.4 Å². The van der Waals surface area contributed by atoms with E-state index in [1.165, 1.54) is 0 Å². The first kappa shape index (κ1) is 10.4. The van der Waals surface area contributed by atoms with Crippen LogP contribution in [-0.4, -0.2) is 22.6 Å². The molecule has 0 N–H and O–H groups in total. The van der Waals surface area contributed by atoms with E-state index >= 15 is 0 Å². The third-order valence-electron chi connectivity index (χ3n) is 2.52. The van der Waals surface area contributed by atoms with Crippen LogP contribution in [0, 0.1) is 4.91 Å². The molecule has 1 aliphatic rings. The molecule has 1 aliphatic heterocycles. The molecule has 0 saturated carbocycles. The minimum Gasteiger partial charge on any atom is -0.152 e. The van der Waals surface area contributed by atoms with Gasteiger partial charge in [0.1, 0.15) is 5.75 Å². The Morgan fingerprint density at radius 3 is 2.93 bits per heavy atom. The first-order valence-corrected chi connectivity index (χ1v) is 6.25. The van der Waals surface area contributed by atoms with E-state index < -0.39 is 0 Å². The highest BCUT2D eigenvalue weighted by molar-refractivity contribution is 7.99. The molecule has 0 saturated heterocycles. The molecule has 0 aliphatic carbocycles. The zero-order chi connectivity index (χ0) is 10.8. The molecule has 1 aromatic carbocycles. The molecule has 0 fully saturated rings. The van der Waals surface area contributed by atoms with E-state index in [1.54, 1.807) is 11.8 Å². The summed E-state index contributed by atoms with van der Waals surface area (Å²) in [6.45, 7) is 1.92. The second kappa shape index (κ2) is 4.14. The highest BCUT2D eigenvalue weighted by Gasteiger charge is 2.33. The lowest BCUT2D eigenvalue weighted by molar-refractivity contribution is -0.480. The average molecular weight is 221 g/mol. The van der Waals surface area contributed by atoms with Crippen LogP contribution in [0.4, 0.5) is 5.69 Å². The lowest BCUT2D eigenvalue weighted by atomic mass is 10.0. The zero-order valence-electron chi connectivity index (χ0n) is 8.80. The molecule has 3 nitrogen and oxygen atoms in total. The average Bonchev–Trinajstić information content (AvgIpc) is 2.26. The van der Waals surface area contributed by atoms with Crippen LogP contribution in [-0.2, 0) is 0 Å². The van der Waals surface area contributed by atoms with Gasteiger partial charge in [0.05, 0.1) is 5.56 Å². The summed E-state index contributed by atoms with van der Waals surface area (Å²) in [7, 11) is 0. The van der Waals surface area contributed by atoms with Gasteiger partial charge in [-0.3, -0.25) is 0 Å². The van der Waals surface area contributed by atoms with Gasteiger partial charge >= 0.3 is 5.84 Å². The van der Waals surface area contributed by atoms with Crippen molar-refractivity contribution in [3.63, 3.8) is 0 Å². The number of thioether (sulfide) groups is 1. The minimum absolute atomic E-state index is 0.124. The summed E-state index contributed by atoms with van der Waals surface area (Å²) in [6.07, 6.45) is 1.97. The molecule has 1 aromatic rings. The van der Waals surface area contributed by atoms with Gasteiger partial charge in [0, 0.05) is 0 Å². The second-order valence-corrected chi connectivity index (χ2v) is 4.39. The Bertz CT molecular complexity index is 428. The Morgan fingerprint density at radius 2 is 2.20 bits per heavy atom. The number of fused-ring (bicyclic) bond motifs is 1. The molecule has 78 valence electrons. The molecule has 1 atom stereocenters. The van der Waals surface area contributed by atoms with Gasteiger partial charge in [-0.2, -0.15) is 11.8 Å². The van der Waals surface area contributed by atoms with Crippen molar-refractivity contribution in [1.82, 2.24) is 0 Å². The predicted octanol–water partition coefficient (Wildman–Crippen LogP) is 2.93. The molecule has 2 rings (SSSR count). The second-order valence-electron chi connectivity index (χ2n) is 3.52. The minimum atomic E-state index is -0.124. The van der Waals surface area contributed by atoms with Crippen LogP contribution in [0.1, 0.15) is 18.5 Å². The Hall–Kier alpha value is -1.16. The maximum absolute atomic E-state index is 11.9. The van der Waals surface area contributed by atoms with Crippen molar-refractivity contribution in [2.75, 3.05) is 12.0 Å². The molecule has 0 radical (unpaired) electrons. The summed E-state index contributed by atoms with van der Waals surface area (Å²) in [6, 6.07) is 7.69. The van der Waals surface area contributed by atoms with Crippen molar-refractivity contribution < 1.29 is 4.76 Å². The SMILES string of the molecule is CSCC1=Nc2ccccc2C(C)[N+]1=O. The summed E-state index contributed by atoms with van der Waals surface area (Å²) in [5.74, 6) is 1.29. The third-order valence-corrected chi connectivity index (χ3v) is 3.06. The van der Waals surface area contributed by atoms with Crippen molar-refractivity contribution in [2.24, 2.45) is 4.99 Å². The van der Waals surface area contributed by atoms with Crippen LogP contribution in [0.15, 0.2) is 29.3 Å². The molecular formula is C11H13N2OS+. The summed E-state index contributed by atoms with van der Waals surface area (Å²) < 4.78 is 1.01. The standard InChI is InChI=1S/C11H13N2OS/c1-8-9-5-3-4-6-10(9)12-11(7-15-2)13(8)14/h3-6,8H,7H2,1-2H3/q+1. The highest BCUT2D eigenvalue weighted by Crippen LogP contribution is 2.32. The summed E-state index contributed by atoms with van der Waals surface area (Å²) >= 11 is 1.62. The molecule has 4 heteroatoms. The number of benzene rings is 1. The Labute approximate surface area is 93.2 Å². The number of nitrogens with zero attached hydrogens (tertiary/aromatic N) is 2. The first-order chi connectivity index (χ1) is 7.24. The molecule has 1 unspecified atom stereocenters. The third kappa shape index (κ3) is 1.81. The van der Waals surface area contributed by atoms with Crippen LogP contribution < -0.4 is 0 Å². The van der Waals surface area contributed by atoms with Crippen LogP contribution in [0.25, 0.3) is 0 Å². The molecule has 15 heavy (non-hydrogen) atoms. The normalized spacial score (nSPS) is 19.7. The molecule has 0 amide bonds. The summed E-state index contributed by atoms with van der Waals surface area (Å²) in [4.78, 5) is 16.2. The van der Waals surface area contributed by atoms with Gasteiger partial charge in [-0.25, -0.2) is 0 Å². The van der Waals surface area contributed by atoms with E-state index in [4.69, 9.17) is 0 Å². The fourth-order valence-corrected chi connectivity index (χ4v) is 2.16. The van der Waals surface area contributed by atoms with Gasteiger partial charge in [0.2, 0.25) is 0 Å². The van der Waals surface area contributed by atoms with E-state index in [0.717, 1.165) is 16.0 Å². The quantitative estimate of drug-likeness (QED) is 0.719.